The normalized spacial score (nSPS) is 16.8. The van der Waals surface area contributed by atoms with E-state index in [0.717, 1.165) is 0 Å². The largest absolute Gasteiger partial charge is 0.449 e. The molecule has 0 spiro atoms. The van der Waals surface area contributed by atoms with Crippen LogP contribution in [0.2, 0.25) is 0 Å². The van der Waals surface area contributed by atoms with Crippen LogP contribution in [-0.4, -0.2) is 24.1 Å². The zero-order valence-corrected chi connectivity index (χ0v) is 13.2. The van der Waals surface area contributed by atoms with Crippen LogP contribution < -0.4 is 11.1 Å². The van der Waals surface area contributed by atoms with Crippen molar-refractivity contribution >= 4 is 11.9 Å². The Morgan fingerprint density at radius 3 is 2.17 bits per heavy atom. The lowest BCUT2D eigenvalue weighted by Crippen LogP contribution is -2.46. The van der Waals surface area contributed by atoms with Crippen LogP contribution in [0.15, 0.2) is 48.5 Å². The second kappa shape index (κ2) is 5.37. The van der Waals surface area contributed by atoms with Crippen LogP contribution in [0, 0.1) is 5.41 Å². The van der Waals surface area contributed by atoms with E-state index >= 15 is 0 Å². The molecule has 0 unspecified atom stereocenters. The van der Waals surface area contributed by atoms with Crippen LogP contribution in [0.3, 0.4) is 0 Å². The van der Waals surface area contributed by atoms with Crippen molar-refractivity contribution in [2.24, 2.45) is 5.73 Å². The number of benzene rings is 2. The number of rotatable bonds is 4. The van der Waals surface area contributed by atoms with Crippen molar-refractivity contribution in [1.29, 1.82) is 5.41 Å². The molecule has 0 bridgehead atoms. The Bertz CT molecular complexity index is 781. The minimum atomic E-state index is -0.678. The van der Waals surface area contributed by atoms with E-state index in [1.165, 1.54) is 22.3 Å². The molecule has 2 aromatic rings. The molecular weight excluding hydrogens is 302 g/mol. The number of carbonyl (C=O) groups is 1. The maximum Gasteiger partial charge on any atom is 0.407 e. The highest BCUT2D eigenvalue weighted by Crippen LogP contribution is 2.44. The molecule has 1 amide bonds. The number of carbonyl (C=O) groups excluding carboxylic acids is 1. The lowest BCUT2D eigenvalue weighted by atomic mass is 9.98. The van der Waals surface area contributed by atoms with Crippen LogP contribution in [-0.2, 0) is 4.74 Å². The first-order valence-corrected chi connectivity index (χ1v) is 8.08. The highest BCUT2D eigenvalue weighted by atomic mass is 16.5. The fourth-order valence-corrected chi connectivity index (χ4v) is 3.42. The second-order valence-corrected chi connectivity index (χ2v) is 6.45. The van der Waals surface area contributed by atoms with E-state index in [0.29, 0.717) is 12.8 Å². The van der Waals surface area contributed by atoms with Gasteiger partial charge in [0.2, 0.25) is 0 Å². The minimum absolute atomic E-state index is 0.00370. The highest BCUT2D eigenvalue weighted by molar-refractivity contribution is 5.93. The first kappa shape index (κ1) is 14.8. The summed E-state index contributed by atoms with van der Waals surface area (Å²) in [6, 6.07) is 16.4. The first-order chi connectivity index (χ1) is 11.6. The van der Waals surface area contributed by atoms with Crippen molar-refractivity contribution in [3.05, 3.63) is 59.7 Å². The second-order valence-electron chi connectivity index (χ2n) is 6.45. The molecule has 0 atom stereocenters. The van der Waals surface area contributed by atoms with Crippen molar-refractivity contribution in [2.75, 3.05) is 6.61 Å². The number of nitrogens with two attached hydrogens (primary N) is 1. The molecular formula is C19H19N3O2. The first-order valence-electron chi connectivity index (χ1n) is 8.08. The van der Waals surface area contributed by atoms with Gasteiger partial charge in [0.15, 0.2) is 0 Å². The number of hydrogen-bond acceptors (Lipinski definition) is 3. The standard InChI is InChI=1S/C19H19N3O2/c20-17(21)19(9-10-19)22-18(23)24-11-16-14-7-3-1-5-12(14)13-6-2-4-8-15(13)16/h1-8,16H,9-11H2,(H3,20,21)(H,22,23). The molecule has 24 heavy (non-hydrogen) atoms. The fourth-order valence-electron chi connectivity index (χ4n) is 3.42. The third-order valence-corrected chi connectivity index (χ3v) is 4.95. The van der Waals surface area contributed by atoms with Crippen LogP contribution in [0.25, 0.3) is 11.1 Å². The quantitative estimate of drug-likeness (QED) is 0.597. The molecule has 5 nitrogen and oxygen atoms in total. The Morgan fingerprint density at radius 1 is 1.12 bits per heavy atom. The number of fused-ring (bicyclic) bond motifs is 3. The number of alkyl carbamates (subject to hydrolysis) is 1. The van der Waals surface area contributed by atoms with Crippen LogP contribution in [0.1, 0.15) is 29.9 Å². The van der Waals surface area contributed by atoms with Gasteiger partial charge in [-0.05, 0) is 35.1 Å². The predicted octanol–water partition coefficient (Wildman–Crippen LogP) is 2.99. The van der Waals surface area contributed by atoms with Crippen molar-refractivity contribution in [3.63, 3.8) is 0 Å². The number of ether oxygens (including phenoxy) is 1. The lowest BCUT2D eigenvalue weighted by molar-refractivity contribution is 0.140. The van der Waals surface area contributed by atoms with E-state index < -0.39 is 11.6 Å². The molecule has 4 N–H and O–H groups in total. The van der Waals surface area contributed by atoms with Crippen molar-refractivity contribution < 1.29 is 9.53 Å². The zero-order chi connectivity index (χ0) is 16.7. The summed E-state index contributed by atoms with van der Waals surface area (Å²) in [6.07, 6.45) is 0.892. The molecule has 0 aliphatic heterocycles. The third-order valence-electron chi connectivity index (χ3n) is 4.95. The smallest absolute Gasteiger partial charge is 0.407 e. The molecule has 2 aliphatic carbocycles. The summed E-state index contributed by atoms with van der Waals surface area (Å²) in [6.45, 7) is 0.272. The summed E-state index contributed by atoms with van der Waals surface area (Å²) in [5.41, 5.74) is 9.62. The summed E-state index contributed by atoms with van der Waals surface area (Å²) in [4.78, 5) is 12.1. The van der Waals surface area contributed by atoms with Gasteiger partial charge in [-0.2, -0.15) is 0 Å². The average Bonchev–Trinajstić information content (AvgIpc) is 3.30. The Hall–Kier alpha value is -2.82. The summed E-state index contributed by atoms with van der Waals surface area (Å²) >= 11 is 0. The summed E-state index contributed by atoms with van der Waals surface area (Å²) in [5, 5.41) is 10.3. The van der Waals surface area contributed by atoms with E-state index in [1.54, 1.807) is 0 Å². The molecule has 0 heterocycles. The number of nitrogens with one attached hydrogen (secondary N) is 2. The van der Waals surface area contributed by atoms with Gasteiger partial charge in [-0.25, -0.2) is 4.79 Å². The average molecular weight is 321 g/mol. The number of amides is 1. The van der Waals surface area contributed by atoms with Gasteiger partial charge in [0.1, 0.15) is 18.0 Å². The summed E-state index contributed by atoms with van der Waals surface area (Å²) < 4.78 is 5.46. The predicted molar refractivity (Wildman–Crippen MR) is 92.1 cm³/mol. The lowest BCUT2D eigenvalue weighted by Gasteiger charge is -2.18. The van der Waals surface area contributed by atoms with E-state index in [-0.39, 0.29) is 18.4 Å². The van der Waals surface area contributed by atoms with Crippen LogP contribution in [0.5, 0.6) is 0 Å². The fraction of sp³-hybridized carbons (Fsp3) is 0.263. The van der Waals surface area contributed by atoms with Gasteiger partial charge in [0.25, 0.3) is 0 Å². The SMILES string of the molecule is N=C(N)C1(NC(=O)OCC2c3ccccc3-c3ccccc32)CC1. The maximum atomic E-state index is 12.1. The molecule has 5 heteroatoms. The Kier molecular flexibility index (Phi) is 3.30. The monoisotopic (exact) mass is 321 g/mol. The van der Waals surface area contributed by atoms with Gasteiger partial charge >= 0.3 is 6.09 Å². The topological polar surface area (TPSA) is 88.2 Å². The van der Waals surface area contributed by atoms with Gasteiger partial charge in [-0.15, -0.1) is 0 Å². The van der Waals surface area contributed by atoms with Crippen molar-refractivity contribution in [1.82, 2.24) is 5.32 Å². The number of hydrogen-bond donors (Lipinski definition) is 3. The molecule has 0 saturated heterocycles. The Labute approximate surface area is 140 Å². The summed E-state index contributed by atoms with van der Waals surface area (Å²) in [5.74, 6) is 0.0339. The van der Waals surface area contributed by atoms with E-state index in [2.05, 4.69) is 29.6 Å². The Morgan fingerprint density at radius 2 is 1.67 bits per heavy atom. The van der Waals surface area contributed by atoms with Gasteiger partial charge in [0, 0.05) is 5.92 Å². The molecule has 4 rings (SSSR count). The van der Waals surface area contributed by atoms with E-state index in [9.17, 15) is 4.79 Å². The Balaban J connectivity index is 1.51. The number of amidine groups is 1. The van der Waals surface area contributed by atoms with Crippen LogP contribution >= 0.6 is 0 Å². The molecule has 0 radical (unpaired) electrons. The van der Waals surface area contributed by atoms with Gasteiger partial charge < -0.3 is 15.8 Å². The molecule has 0 aromatic heterocycles. The van der Waals surface area contributed by atoms with Crippen molar-refractivity contribution in [2.45, 2.75) is 24.3 Å². The minimum Gasteiger partial charge on any atom is -0.449 e. The van der Waals surface area contributed by atoms with Gasteiger partial charge in [-0.1, -0.05) is 48.5 Å². The zero-order valence-electron chi connectivity index (χ0n) is 13.2. The summed E-state index contributed by atoms with van der Waals surface area (Å²) in [7, 11) is 0. The van der Waals surface area contributed by atoms with E-state index in [4.69, 9.17) is 15.9 Å². The molecule has 122 valence electrons. The molecule has 2 aliphatic rings. The van der Waals surface area contributed by atoms with Gasteiger partial charge in [-0.3, -0.25) is 5.41 Å². The molecule has 1 saturated carbocycles. The van der Waals surface area contributed by atoms with Crippen molar-refractivity contribution in [3.8, 4) is 11.1 Å². The van der Waals surface area contributed by atoms with E-state index in [1.807, 2.05) is 24.3 Å². The van der Waals surface area contributed by atoms with Gasteiger partial charge in [0.05, 0.1) is 0 Å². The molecule has 2 aromatic carbocycles. The maximum absolute atomic E-state index is 12.1. The van der Waals surface area contributed by atoms with Crippen LogP contribution in [0.4, 0.5) is 4.79 Å². The molecule has 1 fully saturated rings. The third kappa shape index (κ3) is 2.33. The highest BCUT2D eigenvalue weighted by Gasteiger charge is 2.48.